The van der Waals surface area contributed by atoms with Gasteiger partial charge in [-0.25, -0.2) is 9.37 Å². The fourth-order valence-corrected chi connectivity index (χ4v) is 5.06. The van der Waals surface area contributed by atoms with Gasteiger partial charge in [-0.3, -0.25) is 9.69 Å². The molecule has 0 saturated heterocycles. The predicted octanol–water partition coefficient (Wildman–Crippen LogP) is 5.13. The molecular weight excluding hydrogens is 574 g/mol. The zero-order valence-corrected chi connectivity index (χ0v) is 23.5. The molecule has 0 bridgehead atoms. The molecule has 3 aromatic rings. The first-order valence-electron chi connectivity index (χ1n) is 13.6. The minimum Gasteiger partial charge on any atom is -0.495 e. The summed E-state index contributed by atoms with van der Waals surface area (Å²) in [7, 11) is 3.15. The van der Waals surface area contributed by atoms with Gasteiger partial charge in [-0.2, -0.15) is 18.2 Å². The molecule has 5 rings (SSSR count). The van der Waals surface area contributed by atoms with Crippen LogP contribution >= 0.6 is 0 Å². The standard InChI is InChI=1S/C29H31F4N5O5/c1-38-13-16-4-3-5-24(20(16)14-42-15-38)43-27-21(29(31,32)33)12-34-28(37-27)36-23-11-22(30)19(10-25(23)41-2)26(40)35-17-6-8-18(39)9-7-17/h3-5,10-12,17-18,39H,6-9,13-15H2,1-2H3,(H,35,40)(H,34,36,37). The maximum Gasteiger partial charge on any atom is 0.423 e. The Morgan fingerprint density at radius 2 is 1.93 bits per heavy atom. The number of halogens is 4. The summed E-state index contributed by atoms with van der Waals surface area (Å²) in [6.45, 7) is 0.984. The highest BCUT2D eigenvalue weighted by Gasteiger charge is 2.37. The van der Waals surface area contributed by atoms with E-state index in [1.165, 1.54) is 19.2 Å². The summed E-state index contributed by atoms with van der Waals surface area (Å²) in [5.74, 6) is -2.44. The van der Waals surface area contributed by atoms with Crippen LogP contribution in [0.15, 0.2) is 36.5 Å². The first kappa shape index (κ1) is 30.4. The van der Waals surface area contributed by atoms with Gasteiger partial charge in [0.15, 0.2) is 0 Å². The second kappa shape index (κ2) is 12.7. The van der Waals surface area contributed by atoms with Crippen molar-refractivity contribution in [1.82, 2.24) is 20.2 Å². The summed E-state index contributed by atoms with van der Waals surface area (Å²) in [5.41, 5.74) is -0.0710. The molecule has 230 valence electrons. The lowest BCUT2D eigenvalue weighted by molar-refractivity contribution is -0.139. The van der Waals surface area contributed by atoms with Gasteiger partial charge in [0, 0.05) is 30.4 Å². The van der Waals surface area contributed by atoms with Crippen molar-refractivity contribution in [2.24, 2.45) is 0 Å². The molecule has 1 aromatic heterocycles. The van der Waals surface area contributed by atoms with Crippen molar-refractivity contribution >= 4 is 17.5 Å². The van der Waals surface area contributed by atoms with Crippen LogP contribution in [0.1, 0.15) is 52.7 Å². The summed E-state index contributed by atoms with van der Waals surface area (Å²) < 4.78 is 73.5. The number of hydrogen-bond donors (Lipinski definition) is 3. The van der Waals surface area contributed by atoms with E-state index in [9.17, 15) is 23.1 Å². The second-order valence-corrected chi connectivity index (χ2v) is 10.5. The highest BCUT2D eigenvalue weighted by molar-refractivity contribution is 5.96. The number of aliphatic hydroxyl groups excluding tert-OH is 1. The summed E-state index contributed by atoms with van der Waals surface area (Å²) in [6.07, 6.45) is -2.46. The number of ether oxygens (including phenoxy) is 3. The maximum absolute atomic E-state index is 15.1. The molecule has 10 nitrogen and oxygen atoms in total. The Bertz CT molecular complexity index is 1480. The Kier molecular flexibility index (Phi) is 8.99. The number of carbonyl (C=O) groups is 1. The second-order valence-electron chi connectivity index (χ2n) is 10.5. The van der Waals surface area contributed by atoms with Crippen LogP contribution in [0.4, 0.5) is 29.2 Å². The van der Waals surface area contributed by atoms with E-state index in [1.807, 2.05) is 18.0 Å². The van der Waals surface area contributed by atoms with Crippen LogP contribution in [0, 0.1) is 5.82 Å². The zero-order chi connectivity index (χ0) is 30.7. The van der Waals surface area contributed by atoms with Gasteiger partial charge in [0.1, 0.15) is 22.9 Å². The number of alkyl halides is 3. The molecule has 14 heteroatoms. The van der Waals surface area contributed by atoms with Crippen LogP contribution in [-0.4, -0.2) is 58.9 Å². The van der Waals surface area contributed by atoms with Crippen LogP contribution in [0.3, 0.4) is 0 Å². The Hall–Kier alpha value is -4.01. The molecule has 0 spiro atoms. The number of carbonyl (C=O) groups excluding carboxylic acids is 1. The van der Waals surface area contributed by atoms with Crippen molar-refractivity contribution in [3.63, 3.8) is 0 Å². The number of benzene rings is 2. The average molecular weight is 606 g/mol. The van der Waals surface area contributed by atoms with E-state index < -0.39 is 35.4 Å². The number of fused-ring (bicyclic) bond motifs is 1. The van der Waals surface area contributed by atoms with E-state index >= 15 is 4.39 Å². The van der Waals surface area contributed by atoms with Gasteiger partial charge in [0.2, 0.25) is 11.8 Å². The molecular formula is C29H31F4N5O5. The smallest absolute Gasteiger partial charge is 0.423 e. The van der Waals surface area contributed by atoms with E-state index in [2.05, 4.69) is 20.6 Å². The fourth-order valence-electron chi connectivity index (χ4n) is 5.06. The summed E-state index contributed by atoms with van der Waals surface area (Å²) in [5, 5.41) is 15.1. The number of rotatable bonds is 7. The first-order valence-corrected chi connectivity index (χ1v) is 13.6. The summed E-state index contributed by atoms with van der Waals surface area (Å²) in [4.78, 5) is 22.4. The topological polar surface area (TPSA) is 118 Å². The molecule has 43 heavy (non-hydrogen) atoms. The molecule has 2 aromatic carbocycles. The van der Waals surface area contributed by atoms with Gasteiger partial charge in [0.05, 0.1) is 37.8 Å². The lowest BCUT2D eigenvalue weighted by Crippen LogP contribution is -2.38. The lowest BCUT2D eigenvalue weighted by Gasteiger charge is -2.26. The van der Waals surface area contributed by atoms with Gasteiger partial charge in [-0.1, -0.05) is 12.1 Å². The van der Waals surface area contributed by atoms with Crippen LogP contribution in [0.25, 0.3) is 0 Å². The number of aromatic nitrogens is 2. The number of nitrogens with zero attached hydrogens (tertiary/aromatic N) is 3. The third-order valence-corrected chi connectivity index (χ3v) is 7.31. The van der Waals surface area contributed by atoms with Crippen molar-refractivity contribution in [3.05, 3.63) is 64.6 Å². The molecule has 0 atom stereocenters. The van der Waals surface area contributed by atoms with Crippen LogP contribution in [-0.2, 0) is 24.1 Å². The van der Waals surface area contributed by atoms with Crippen LogP contribution in [0.2, 0.25) is 0 Å². The molecule has 1 aliphatic carbocycles. The molecule has 2 heterocycles. The van der Waals surface area contributed by atoms with Crippen molar-refractivity contribution in [2.75, 3.05) is 26.2 Å². The minimum atomic E-state index is -4.83. The summed E-state index contributed by atoms with van der Waals surface area (Å²) >= 11 is 0. The van der Waals surface area contributed by atoms with E-state index in [-0.39, 0.29) is 41.3 Å². The van der Waals surface area contributed by atoms with Crippen molar-refractivity contribution in [2.45, 2.75) is 57.2 Å². The van der Waals surface area contributed by atoms with Gasteiger partial charge >= 0.3 is 6.18 Å². The third-order valence-electron chi connectivity index (χ3n) is 7.31. The maximum atomic E-state index is 15.1. The zero-order valence-electron chi connectivity index (χ0n) is 23.5. The lowest BCUT2D eigenvalue weighted by atomic mass is 9.93. The number of anilines is 2. The Morgan fingerprint density at radius 3 is 2.65 bits per heavy atom. The van der Waals surface area contributed by atoms with E-state index in [0.29, 0.717) is 50.7 Å². The van der Waals surface area contributed by atoms with E-state index in [4.69, 9.17) is 14.2 Å². The molecule has 1 saturated carbocycles. The van der Waals surface area contributed by atoms with Crippen LogP contribution in [0.5, 0.6) is 17.4 Å². The van der Waals surface area contributed by atoms with Crippen molar-refractivity contribution in [1.29, 1.82) is 0 Å². The number of hydrogen-bond acceptors (Lipinski definition) is 9. The normalized spacial score (nSPS) is 19.2. The number of nitrogens with one attached hydrogen (secondary N) is 2. The van der Waals surface area contributed by atoms with Crippen LogP contribution < -0.4 is 20.1 Å². The van der Waals surface area contributed by atoms with Gasteiger partial charge in [-0.15, -0.1) is 0 Å². The number of aliphatic hydroxyl groups is 1. The summed E-state index contributed by atoms with van der Waals surface area (Å²) in [6, 6.07) is 7.00. The Labute approximate surface area is 245 Å². The van der Waals surface area contributed by atoms with Gasteiger partial charge < -0.3 is 30.0 Å². The third kappa shape index (κ3) is 7.14. The highest BCUT2D eigenvalue weighted by Crippen LogP contribution is 2.39. The van der Waals surface area contributed by atoms with Crippen molar-refractivity contribution in [3.8, 4) is 17.4 Å². The fraction of sp³-hybridized carbons (Fsp3) is 0.414. The van der Waals surface area contributed by atoms with Gasteiger partial charge in [-0.05, 0) is 50.4 Å². The molecule has 1 fully saturated rings. The SMILES string of the molecule is COc1cc(C(=O)NC2CCC(O)CC2)c(F)cc1Nc1ncc(C(F)(F)F)c(Oc2cccc3c2COCN(C)C3)n1. The Morgan fingerprint density at radius 1 is 1.16 bits per heavy atom. The molecule has 0 radical (unpaired) electrons. The molecule has 3 N–H and O–H groups in total. The monoisotopic (exact) mass is 605 g/mol. The number of amides is 1. The van der Waals surface area contributed by atoms with Gasteiger partial charge in [0.25, 0.3) is 5.91 Å². The molecule has 1 aliphatic heterocycles. The van der Waals surface area contributed by atoms with E-state index in [1.54, 1.807) is 6.07 Å². The predicted molar refractivity (Wildman–Crippen MR) is 147 cm³/mol. The average Bonchev–Trinajstić information content (AvgIpc) is 3.15. The highest BCUT2D eigenvalue weighted by atomic mass is 19.4. The molecule has 2 aliphatic rings. The van der Waals surface area contributed by atoms with Crippen molar-refractivity contribution < 1.29 is 41.7 Å². The Balaban J connectivity index is 1.41. The molecule has 1 amide bonds. The minimum absolute atomic E-state index is 0.0203. The quantitative estimate of drug-likeness (QED) is 0.315. The largest absolute Gasteiger partial charge is 0.495 e. The molecule has 0 unspecified atom stereocenters. The number of methoxy groups -OCH3 is 1. The first-order chi connectivity index (χ1) is 20.5. The van der Waals surface area contributed by atoms with E-state index in [0.717, 1.165) is 11.6 Å².